The number of hydrogen-bond donors (Lipinski definition) is 0. The predicted molar refractivity (Wildman–Crippen MR) is 100 cm³/mol. The molecule has 4 rings (SSSR count). The van der Waals surface area contributed by atoms with Gasteiger partial charge in [-0.3, -0.25) is 9.48 Å². The molecule has 4 heterocycles. The van der Waals surface area contributed by atoms with E-state index in [-0.39, 0.29) is 12.0 Å². The molecule has 0 spiro atoms. The first-order valence-corrected chi connectivity index (χ1v) is 9.05. The molecular formula is C19H22N6O2. The summed E-state index contributed by atoms with van der Waals surface area (Å²) in [5.41, 5.74) is 2.43. The molecular weight excluding hydrogens is 344 g/mol. The van der Waals surface area contributed by atoms with Crippen LogP contribution < -0.4 is 4.74 Å². The number of fused-ring (bicyclic) bond motifs is 1. The van der Waals surface area contributed by atoms with E-state index in [0.29, 0.717) is 12.4 Å². The van der Waals surface area contributed by atoms with Gasteiger partial charge in [-0.25, -0.2) is 9.50 Å². The summed E-state index contributed by atoms with van der Waals surface area (Å²) >= 11 is 0. The molecule has 1 fully saturated rings. The molecule has 1 aliphatic heterocycles. The summed E-state index contributed by atoms with van der Waals surface area (Å²) < 4.78 is 9.76. The van der Waals surface area contributed by atoms with Gasteiger partial charge in [-0.1, -0.05) is 6.58 Å². The molecule has 1 atom stereocenters. The maximum atomic E-state index is 12.0. The number of nitrogens with zero attached hydrogens (tertiary/aromatic N) is 6. The Morgan fingerprint density at radius 1 is 1.33 bits per heavy atom. The summed E-state index contributed by atoms with van der Waals surface area (Å²) in [5.74, 6) is 0.462. The molecule has 3 aromatic heterocycles. The molecule has 1 aliphatic rings. The topological polar surface area (TPSA) is 77.6 Å². The molecule has 8 heteroatoms. The van der Waals surface area contributed by atoms with Crippen molar-refractivity contribution in [1.29, 1.82) is 0 Å². The van der Waals surface area contributed by atoms with Crippen LogP contribution in [0.1, 0.15) is 19.3 Å². The minimum Gasteiger partial charge on any atom is -0.471 e. The summed E-state index contributed by atoms with van der Waals surface area (Å²) in [6.07, 6.45) is 11.3. The number of aryl methyl sites for hydroxylation is 1. The van der Waals surface area contributed by atoms with Gasteiger partial charge in [-0.05, 0) is 31.4 Å². The molecule has 0 aromatic carbocycles. The highest BCUT2D eigenvalue weighted by molar-refractivity contribution is 5.87. The molecule has 8 nitrogen and oxygen atoms in total. The number of amides is 1. The summed E-state index contributed by atoms with van der Waals surface area (Å²) in [6, 6.07) is 1.87. The number of carbonyl (C=O) groups excluding carboxylic acids is 1. The summed E-state index contributed by atoms with van der Waals surface area (Å²) in [5, 5.41) is 8.54. The van der Waals surface area contributed by atoms with Crippen LogP contribution in [0.15, 0.2) is 43.5 Å². The molecule has 0 aliphatic carbocycles. The van der Waals surface area contributed by atoms with Gasteiger partial charge in [-0.15, -0.1) is 0 Å². The monoisotopic (exact) mass is 366 g/mol. The molecule has 0 unspecified atom stereocenters. The van der Waals surface area contributed by atoms with Crippen LogP contribution in [0.3, 0.4) is 0 Å². The molecule has 0 radical (unpaired) electrons. The summed E-state index contributed by atoms with van der Waals surface area (Å²) in [7, 11) is 1.87. The second kappa shape index (κ2) is 7.22. The Labute approximate surface area is 157 Å². The van der Waals surface area contributed by atoms with Crippen molar-refractivity contribution in [3.8, 4) is 17.1 Å². The van der Waals surface area contributed by atoms with E-state index in [1.165, 1.54) is 6.08 Å². The second-order valence-corrected chi connectivity index (χ2v) is 6.72. The van der Waals surface area contributed by atoms with Crippen LogP contribution >= 0.6 is 0 Å². The minimum atomic E-state index is -0.119. The first-order chi connectivity index (χ1) is 13.1. The number of ether oxygens (including phenoxy) is 1. The molecule has 3 aromatic rings. The standard InChI is InChI=1S/C19H22N6O2/c1-3-18(26)24-9-5-4-6-15(12-24)27-19-17-7-8-20-25(17)13-16(22-19)14-10-21-23(2)11-14/h3,7-8,10-11,13,15H,1,4-6,9,12H2,2H3/t15-/m0/s1. The van der Waals surface area contributed by atoms with Gasteiger partial charge in [0.15, 0.2) is 0 Å². The maximum absolute atomic E-state index is 12.0. The van der Waals surface area contributed by atoms with Gasteiger partial charge in [-0.2, -0.15) is 10.2 Å². The van der Waals surface area contributed by atoms with Crippen molar-refractivity contribution < 1.29 is 9.53 Å². The first-order valence-electron chi connectivity index (χ1n) is 9.05. The van der Waals surface area contributed by atoms with E-state index in [4.69, 9.17) is 9.72 Å². The van der Waals surface area contributed by atoms with Gasteiger partial charge in [0.2, 0.25) is 11.8 Å². The average molecular weight is 366 g/mol. The lowest BCUT2D eigenvalue weighted by atomic mass is 10.2. The highest BCUT2D eigenvalue weighted by Gasteiger charge is 2.23. The summed E-state index contributed by atoms with van der Waals surface area (Å²) in [6.45, 7) is 4.86. The van der Waals surface area contributed by atoms with Crippen molar-refractivity contribution in [3.63, 3.8) is 0 Å². The van der Waals surface area contributed by atoms with E-state index >= 15 is 0 Å². The Kier molecular flexibility index (Phi) is 4.62. The normalized spacial score (nSPS) is 17.7. The fraction of sp³-hybridized carbons (Fsp3) is 0.368. The van der Waals surface area contributed by atoms with Crippen LogP contribution in [0, 0.1) is 0 Å². The van der Waals surface area contributed by atoms with Crippen LogP contribution in [0.25, 0.3) is 16.8 Å². The highest BCUT2D eigenvalue weighted by atomic mass is 16.5. The summed E-state index contributed by atoms with van der Waals surface area (Å²) in [4.78, 5) is 18.5. The smallest absolute Gasteiger partial charge is 0.246 e. The van der Waals surface area contributed by atoms with E-state index in [0.717, 1.165) is 42.6 Å². The van der Waals surface area contributed by atoms with Crippen molar-refractivity contribution >= 4 is 11.4 Å². The van der Waals surface area contributed by atoms with E-state index in [1.54, 1.807) is 26.5 Å². The third-order valence-corrected chi connectivity index (χ3v) is 4.75. The van der Waals surface area contributed by atoms with E-state index in [2.05, 4.69) is 16.8 Å². The molecule has 1 saturated heterocycles. The molecule has 27 heavy (non-hydrogen) atoms. The lowest BCUT2D eigenvalue weighted by Gasteiger charge is -2.24. The average Bonchev–Trinajstić information content (AvgIpc) is 3.25. The van der Waals surface area contributed by atoms with Crippen molar-refractivity contribution in [2.45, 2.75) is 25.4 Å². The van der Waals surface area contributed by atoms with E-state index in [9.17, 15) is 4.79 Å². The Balaban J connectivity index is 1.65. The maximum Gasteiger partial charge on any atom is 0.246 e. The zero-order valence-electron chi connectivity index (χ0n) is 15.3. The second-order valence-electron chi connectivity index (χ2n) is 6.72. The quantitative estimate of drug-likeness (QED) is 0.661. The lowest BCUT2D eigenvalue weighted by molar-refractivity contribution is -0.126. The lowest BCUT2D eigenvalue weighted by Crippen LogP contribution is -2.37. The molecule has 0 bridgehead atoms. The zero-order chi connectivity index (χ0) is 18.8. The van der Waals surface area contributed by atoms with Crippen molar-refractivity contribution in [2.75, 3.05) is 13.1 Å². The number of hydrogen-bond acceptors (Lipinski definition) is 5. The minimum absolute atomic E-state index is 0.0583. The highest BCUT2D eigenvalue weighted by Crippen LogP contribution is 2.26. The zero-order valence-corrected chi connectivity index (χ0v) is 15.3. The molecule has 0 N–H and O–H groups in total. The predicted octanol–water partition coefficient (Wildman–Crippen LogP) is 2.08. The van der Waals surface area contributed by atoms with E-state index in [1.807, 2.05) is 25.5 Å². The first kappa shape index (κ1) is 17.3. The van der Waals surface area contributed by atoms with Gasteiger partial charge in [0.25, 0.3) is 0 Å². The van der Waals surface area contributed by atoms with Gasteiger partial charge >= 0.3 is 0 Å². The molecule has 1 amide bonds. The van der Waals surface area contributed by atoms with Crippen molar-refractivity contribution in [2.24, 2.45) is 7.05 Å². The van der Waals surface area contributed by atoms with Gasteiger partial charge < -0.3 is 9.64 Å². The van der Waals surface area contributed by atoms with Gasteiger partial charge in [0.05, 0.1) is 30.8 Å². The molecule has 0 saturated carbocycles. The molecule has 140 valence electrons. The van der Waals surface area contributed by atoms with Crippen LogP contribution in [0.4, 0.5) is 0 Å². The van der Waals surface area contributed by atoms with E-state index < -0.39 is 0 Å². The van der Waals surface area contributed by atoms with Gasteiger partial charge in [0.1, 0.15) is 11.6 Å². The Bertz CT molecular complexity index is 976. The Morgan fingerprint density at radius 2 is 2.22 bits per heavy atom. The van der Waals surface area contributed by atoms with Gasteiger partial charge in [0, 0.05) is 25.4 Å². The Morgan fingerprint density at radius 3 is 3.00 bits per heavy atom. The van der Waals surface area contributed by atoms with Crippen LogP contribution in [0.5, 0.6) is 5.88 Å². The van der Waals surface area contributed by atoms with Crippen LogP contribution in [-0.2, 0) is 11.8 Å². The SMILES string of the molecule is C=CC(=O)N1CCCC[C@H](Oc2nc(-c3cnn(C)c3)cn3nccc23)C1. The third kappa shape index (κ3) is 3.55. The largest absolute Gasteiger partial charge is 0.471 e. The Hall–Kier alpha value is -3.16. The van der Waals surface area contributed by atoms with Crippen LogP contribution in [0.2, 0.25) is 0 Å². The number of likely N-dealkylation sites (tertiary alicyclic amines) is 1. The number of aromatic nitrogens is 5. The number of rotatable bonds is 4. The van der Waals surface area contributed by atoms with Crippen LogP contribution in [-0.4, -0.2) is 54.4 Å². The fourth-order valence-electron chi connectivity index (χ4n) is 3.36. The fourth-order valence-corrected chi connectivity index (χ4v) is 3.36. The third-order valence-electron chi connectivity index (χ3n) is 4.75. The van der Waals surface area contributed by atoms with Crippen molar-refractivity contribution in [3.05, 3.63) is 43.5 Å². The van der Waals surface area contributed by atoms with Crippen molar-refractivity contribution in [1.82, 2.24) is 29.3 Å². The number of carbonyl (C=O) groups is 1.